The van der Waals surface area contributed by atoms with Crippen LogP contribution in [0.2, 0.25) is 0 Å². The molecule has 1 aromatic heterocycles. The summed E-state index contributed by atoms with van der Waals surface area (Å²) in [4.78, 5) is 0.233. The van der Waals surface area contributed by atoms with E-state index >= 15 is 0 Å². The number of nitrogens with one attached hydrogen (secondary N) is 1. The molecule has 1 N–H and O–H groups in total. The topological polar surface area (TPSA) is 75.4 Å². The zero-order valence-electron chi connectivity index (χ0n) is 12.3. The third-order valence-corrected chi connectivity index (χ3v) is 5.85. The Morgan fingerprint density at radius 2 is 2.20 bits per heavy atom. The van der Waals surface area contributed by atoms with Crippen LogP contribution in [-0.4, -0.2) is 43.6 Å². The van der Waals surface area contributed by atoms with Crippen molar-refractivity contribution in [3.05, 3.63) is 11.5 Å². The Balaban J connectivity index is 2.36. The highest BCUT2D eigenvalue weighted by Gasteiger charge is 2.35. The van der Waals surface area contributed by atoms with E-state index in [4.69, 9.17) is 4.52 Å². The van der Waals surface area contributed by atoms with Gasteiger partial charge in [0.15, 0.2) is 5.76 Å². The van der Waals surface area contributed by atoms with Crippen molar-refractivity contribution >= 4 is 10.0 Å². The maximum atomic E-state index is 12.9. The number of sulfonamides is 1. The van der Waals surface area contributed by atoms with Crippen LogP contribution in [0.1, 0.15) is 37.6 Å². The molecule has 0 bridgehead atoms. The van der Waals surface area contributed by atoms with Crippen molar-refractivity contribution in [2.45, 2.75) is 51.0 Å². The number of rotatable bonds is 5. The smallest absolute Gasteiger partial charge is 0.248 e. The van der Waals surface area contributed by atoms with Crippen molar-refractivity contribution in [2.75, 3.05) is 19.6 Å². The second kappa shape index (κ2) is 6.24. The van der Waals surface area contributed by atoms with Crippen molar-refractivity contribution in [2.24, 2.45) is 0 Å². The van der Waals surface area contributed by atoms with E-state index in [-0.39, 0.29) is 10.9 Å². The summed E-state index contributed by atoms with van der Waals surface area (Å²) in [6.07, 6.45) is 2.69. The Morgan fingerprint density at radius 3 is 2.70 bits per heavy atom. The van der Waals surface area contributed by atoms with Crippen LogP contribution in [0.4, 0.5) is 0 Å². The van der Waals surface area contributed by atoms with E-state index in [9.17, 15) is 8.42 Å². The van der Waals surface area contributed by atoms with Crippen LogP contribution in [0.5, 0.6) is 0 Å². The second-order valence-corrected chi connectivity index (χ2v) is 7.10. The van der Waals surface area contributed by atoms with Gasteiger partial charge in [0, 0.05) is 19.1 Å². The molecular formula is C13H23N3O3S. The fourth-order valence-electron chi connectivity index (χ4n) is 2.76. The average Bonchev–Trinajstić information content (AvgIpc) is 2.77. The molecule has 0 aliphatic carbocycles. The van der Waals surface area contributed by atoms with E-state index in [0.717, 1.165) is 25.8 Å². The summed E-state index contributed by atoms with van der Waals surface area (Å²) in [5, 5.41) is 7.05. The largest absolute Gasteiger partial charge is 0.360 e. The van der Waals surface area contributed by atoms with E-state index < -0.39 is 10.0 Å². The first-order valence-electron chi connectivity index (χ1n) is 7.14. The Kier molecular flexibility index (Phi) is 4.82. The standard InChI is InChI=1S/C13H23N3O3S/c1-4-8-16(12-6-5-7-14-9-12)20(17,18)13-10(2)15-19-11(13)3/h12,14H,4-9H2,1-3H3. The van der Waals surface area contributed by atoms with Crippen molar-refractivity contribution in [3.8, 4) is 0 Å². The lowest BCUT2D eigenvalue weighted by molar-refractivity contribution is 0.265. The Bertz CT molecular complexity index is 528. The third-order valence-electron chi connectivity index (χ3n) is 3.66. The summed E-state index contributed by atoms with van der Waals surface area (Å²) < 4.78 is 32.5. The molecule has 0 aromatic carbocycles. The second-order valence-electron chi connectivity index (χ2n) is 5.27. The van der Waals surface area contributed by atoms with Crippen LogP contribution in [0.3, 0.4) is 0 Å². The highest BCUT2D eigenvalue weighted by molar-refractivity contribution is 7.89. The summed E-state index contributed by atoms with van der Waals surface area (Å²) in [5.74, 6) is 0.368. The first kappa shape index (κ1) is 15.5. The van der Waals surface area contributed by atoms with Crippen molar-refractivity contribution in [3.63, 3.8) is 0 Å². The third kappa shape index (κ3) is 2.89. The molecule has 20 heavy (non-hydrogen) atoms. The summed E-state index contributed by atoms with van der Waals surface area (Å²) in [6.45, 7) is 7.51. The highest BCUT2D eigenvalue weighted by atomic mass is 32.2. The molecule has 0 amide bonds. The molecule has 1 aromatic rings. The number of hydrogen-bond donors (Lipinski definition) is 1. The van der Waals surface area contributed by atoms with Crippen molar-refractivity contribution in [1.82, 2.24) is 14.8 Å². The number of nitrogens with zero attached hydrogens (tertiary/aromatic N) is 2. The monoisotopic (exact) mass is 301 g/mol. The lowest BCUT2D eigenvalue weighted by Gasteiger charge is -2.33. The average molecular weight is 301 g/mol. The predicted molar refractivity (Wildman–Crippen MR) is 76.1 cm³/mol. The molecule has 1 unspecified atom stereocenters. The van der Waals surface area contributed by atoms with Gasteiger partial charge in [0.25, 0.3) is 0 Å². The summed E-state index contributed by atoms with van der Waals surface area (Å²) in [7, 11) is -3.54. The molecule has 1 saturated heterocycles. The molecule has 6 nitrogen and oxygen atoms in total. The van der Waals surface area contributed by atoms with Crippen LogP contribution in [0, 0.1) is 13.8 Å². The molecule has 2 rings (SSSR count). The van der Waals surface area contributed by atoms with Crippen molar-refractivity contribution < 1.29 is 12.9 Å². The van der Waals surface area contributed by atoms with Gasteiger partial charge in [-0.05, 0) is 39.7 Å². The van der Waals surface area contributed by atoms with E-state index in [1.807, 2.05) is 6.92 Å². The van der Waals surface area contributed by atoms with Gasteiger partial charge in [-0.15, -0.1) is 0 Å². The first-order chi connectivity index (χ1) is 9.48. The SMILES string of the molecule is CCCN(C1CCCNC1)S(=O)(=O)c1c(C)noc1C. The zero-order valence-corrected chi connectivity index (χ0v) is 13.2. The van der Waals surface area contributed by atoms with Crippen LogP contribution in [-0.2, 0) is 10.0 Å². The molecule has 1 aliphatic rings. The molecule has 0 radical (unpaired) electrons. The minimum Gasteiger partial charge on any atom is -0.360 e. The Morgan fingerprint density at radius 1 is 1.45 bits per heavy atom. The Hall–Kier alpha value is -0.920. The fourth-order valence-corrected chi connectivity index (χ4v) is 4.80. The summed E-state index contributed by atoms with van der Waals surface area (Å²) in [6, 6.07) is 0.0161. The number of hydrogen-bond acceptors (Lipinski definition) is 5. The molecule has 0 spiro atoms. The van der Waals surface area contributed by atoms with E-state index in [1.54, 1.807) is 18.2 Å². The minimum atomic E-state index is -3.54. The maximum absolute atomic E-state index is 12.9. The number of aromatic nitrogens is 1. The summed E-state index contributed by atoms with van der Waals surface area (Å²) >= 11 is 0. The van der Waals surface area contributed by atoms with Gasteiger partial charge in [0.1, 0.15) is 10.6 Å². The quantitative estimate of drug-likeness (QED) is 0.890. The lowest BCUT2D eigenvalue weighted by atomic mass is 10.1. The van der Waals surface area contributed by atoms with Crippen LogP contribution in [0.25, 0.3) is 0 Å². The normalized spacial score (nSPS) is 20.5. The van der Waals surface area contributed by atoms with Gasteiger partial charge in [-0.2, -0.15) is 4.31 Å². The summed E-state index contributed by atoms with van der Waals surface area (Å²) in [5.41, 5.74) is 0.437. The van der Waals surface area contributed by atoms with Gasteiger partial charge in [0.2, 0.25) is 10.0 Å². The molecule has 114 valence electrons. The molecule has 1 fully saturated rings. The van der Waals surface area contributed by atoms with Crippen molar-refractivity contribution in [1.29, 1.82) is 0 Å². The van der Waals surface area contributed by atoms with Crippen LogP contribution in [0.15, 0.2) is 9.42 Å². The first-order valence-corrected chi connectivity index (χ1v) is 8.58. The predicted octanol–water partition coefficient (Wildman–Crippen LogP) is 1.44. The molecule has 2 heterocycles. The van der Waals surface area contributed by atoms with Gasteiger partial charge in [-0.1, -0.05) is 12.1 Å². The molecule has 0 saturated carbocycles. The minimum absolute atomic E-state index is 0.0161. The maximum Gasteiger partial charge on any atom is 0.248 e. The van der Waals surface area contributed by atoms with Gasteiger partial charge < -0.3 is 9.84 Å². The van der Waals surface area contributed by atoms with Crippen LogP contribution < -0.4 is 5.32 Å². The lowest BCUT2D eigenvalue weighted by Crippen LogP contribution is -2.49. The molecule has 1 atom stereocenters. The Labute approximate surface area is 120 Å². The van der Waals surface area contributed by atoms with Gasteiger partial charge in [-0.3, -0.25) is 0 Å². The fraction of sp³-hybridized carbons (Fsp3) is 0.769. The number of aryl methyl sites for hydroxylation is 2. The van der Waals surface area contributed by atoms with Gasteiger partial charge >= 0.3 is 0 Å². The number of piperidine rings is 1. The highest BCUT2D eigenvalue weighted by Crippen LogP contribution is 2.26. The van der Waals surface area contributed by atoms with Crippen LogP contribution >= 0.6 is 0 Å². The van der Waals surface area contributed by atoms with E-state index in [2.05, 4.69) is 10.5 Å². The molecule has 1 aliphatic heterocycles. The molecular weight excluding hydrogens is 278 g/mol. The van der Waals surface area contributed by atoms with E-state index in [1.165, 1.54) is 0 Å². The van der Waals surface area contributed by atoms with Gasteiger partial charge in [-0.25, -0.2) is 8.42 Å². The van der Waals surface area contributed by atoms with E-state index in [0.29, 0.717) is 24.5 Å². The zero-order chi connectivity index (χ0) is 14.8. The van der Waals surface area contributed by atoms with Gasteiger partial charge in [0.05, 0.1) is 0 Å². The molecule has 7 heteroatoms.